The van der Waals surface area contributed by atoms with Crippen molar-refractivity contribution in [2.75, 3.05) is 45.0 Å². The summed E-state index contributed by atoms with van der Waals surface area (Å²) in [7, 11) is 0. The number of hydrogen-bond donors (Lipinski definition) is 1. The minimum Gasteiger partial charge on any atom is -0.391 e. The van der Waals surface area contributed by atoms with Crippen LogP contribution in [0, 0.1) is 11.6 Å². The van der Waals surface area contributed by atoms with E-state index in [1.165, 1.54) is 29.8 Å². The number of halogens is 2. The van der Waals surface area contributed by atoms with Gasteiger partial charge >= 0.3 is 0 Å². The van der Waals surface area contributed by atoms with Crippen LogP contribution in [0.2, 0.25) is 0 Å². The number of rotatable bonds is 10. The molecule has 3 aromatic carbocycles. The van der Waals surface area contributed by atoms with Crippen LogP contribution in [0.5, 0.6) is 0 Å². The zero-order chi connectivity index (χ0) is 23.8. The third kappa shape index (κ3) is 7.37. The summed E-state index contributed by atoms with van der Waals surface area (Å²) in [6.45, 7) is 5.54. The van der Waals surface area contributed by atoms with Gasteiger partial charge in [-0.3, -0.25) is 9.80 Å². The molecule has 0 radical (unpaired) electrons. The first-order valence-electron chi connectivity index (χ1n) is 11.9. The van der Waals surface area contributed by atoms with Gasteiger partial charge in [-0.05, 0) is 47.4 Å². The molecule has 3 aromatic rings. The Morgan fingerprint density at radius 3 is 1.82 bits per heavy atom. The lowest BCUT2D eigenvalue weighted by Crippen LogP contribution is -2.49. The van der Waals surface area contributed by atoms with Gasteiger partial charge in [0, 0.05) is 45.0 Å². The number of β-amino-alcohol motifs (C(OH)–C–C–N with tert-alkyl or cyclic N) is 1. The average molecular weight is 483 g/mol. The van der Waals surface area contributed by atoms with Gasteiger partial charge in [-0.1, -0.05) is 54.6 Å². The quantitative estimate of drug-likeness (QED) is 0.440. The zero-order valence-corrected chi connectivity index (χ0v) is 20.1. The molecule has 1 aliphatic rings. The molecule has 6 heteroatoms. The highest BCUT2D eigenvalue weighted by atomic mass is 32.2. The fourth-order valence-corrected chi connectivity index (χ4v) is 5.70. The number of aliphatic hydroxyl groups is 1. The highest BCUT2D eigenvalue weighted by Gasteiger charge is 2.20. The summed E-state index contributed by atoms with van der Waals surface area (Å²) < 4.78 is 26.9. The minimum absolute atomic E-state index is 0.0376. The third-order valence-electron chi connectivity index (χ3n) is 6.29. The summed E-state index contributed by atoms with van der Waals surface area (Å²) in [6, 6.07) is 23.3. The van der Waals surface area contributed by atoms with Crippen LogP contribution in [-0.4, -0.2) is 66.0 Å². The number of piperazine rings is 1. The molecule has 1 heterocycles. The van der Waals surface area contributed by atoms with Crippen LogP contribution in [-0.2, 0) is 6.42 Å². The summed E-state index contributed by atoms with van der Waals surface area (Å²) in [6.07, 6.45) is 0.336. The van der Waals surface area contributed by atoms with Crippen molar-refractivity contribution in [1.82, 2.24) is 9.80 Å². The van der Waals surface area contributed by atoms with Gasteiger partial charge in [-0.15, -0.1) is 11.8 Å². The van der Waals surface area contributed by atoms with Crippen LogP contribution in [0.1, 0.15) is 21.9 Å². The molecule has 0 saturated carbocycles. The maximum absolute atomic E-state index is 13.4. The molecule has 0 bridgehead atoms. The summed E-state index contributed by atoms with van der Waals surface area (Å²) in [5.41, 5.74) is 3.22. The van der Waals surface area contributed by atoms with E-state index < -0.39 is 0 Å². The second-order valence-corrected chi connectivity index (χ2v) is 10.1. The van der Waals surface area contributed by atoms with Crippen LogP contribution >= 0.6 is 11.8 Å². The largest absolute Gasteiger partial charge is 0.391 e. The van der Waals surface area contributed by atoms with Crippen molar-refractivity contribution in [3.8, 4) is 0 Å². The first-order valence-corrected chi connectivity index (χ1v) is 12.9. The van der Waals surface area contributed by atoms with Crippen molar-refractivity contribution in [2.45, 2.75) is 17.8 Å². The van der Waals surface area contributed by atoms with Gasteiger partial charge in [-0.25, -0.2) is 8.78 Å². The molecule has 3 nitrogen and oxygen atoms in total. The van der Waals surface area contributed by atoms with E-state index in [-0.39, 0.29) is 23.0 Å². The SMILES string of the molecule is O[C@H](Cc1ccccc1)CN1CCN(CCSC(c2ccc(F)cc2)c2ccc(F)cc2)CC1. The van der Waals surface area contributed by atoms with Gasteiger partial charge < -0.3 is 5.11 Å². The van der Waals surface area contributed by atoms with E-state index in [9.17, 15) is 13.9 Å². The van der Waals surface area contributed by atoms with Crippen molar-refractivity contribution >= 4 is 11.8 Å². The van der Waals surface area contributed by atoms with Gasteiger partial charge in [0.05, 0.1) is 11.4 Å². The van der Waals surface area contributed by atoms with E-state index in [0.717, 1.165) is 49.6 Å². The molecule has 180 valence electrons. The molecule has 34 heavy (non-hydrogen) atoms. The second kappa shape index (κ2) is 12.5. The van der Waals surface area contributed by atoms with Crippen molar-refractivity contribution in [3.63, 3.8) is 0 Å². The van der Waals surface area contributed by atoms with Crippen LogP contribution in [0.15, 0.2) is 78.9 Å². The molecule has 0 amide bonds. The lowest BCUT2D eigenvalue weighted by Gasteiger charge is -2.35. The average Bonchev–Trinajstić information content (AvgIpc) is 2.85. The molecule has 0 unspecified atom stereocenters. The molecule has 4 rings (SSSR count). The van der Waals surface area contributed by atoms with E-state index in [2.05, 4.69) is 21.9 Å². The Morgan fingerprint density at radius 2 is 1.26 bits per heavy atom. The Bertz CT molecular complexity index is 948. The Hall–Kier alpha value is -2.25. The van der Waals surface area contributed by atoms with E-state index in [0.29, 0.717) is 13.0 Å². The smallest absolute Gasteiger partial charge is 0.123 e. The van der Waals surface area contributed by atoms with Gasteiger partial charge in [0.2, 0.25) is 0 Å². The molecular weight excluding hydrogens is 450 g/mol. The Labute approximate surface area is 205 Å². The van der Waals surface area contributed by atoms with Crippen molar-refractivity contribution in [1.29, 1.82) is 0 Å². The molecular formula is C28H32F2N2OS. The van der Waals surface area contributed by atoms with Crippen LogP contribution in [0.4, 0.5) is 8.78 Å². The molecule has 1 atom stereocenters. The predicted octanol–water partition coefficient (Wildman–Crippen LogP) is 5.01. The van der Waals surface area contributed by atoms with Gasteiger partial charge in [-0.2, -0.15) is 0 Å². The van der Waals surface area contributed by atoms with Crippen LogP contribution in [0.3, 0.4) is 0 Å². The fourth-order valence-electron chi connectivity index (χ4n) is 4.40. The summed E-state index contributed by atoms with van der Waals surface area (Å²) in [4.78, 5) is 4.80. The first-order chi connectivity index (χ1) is 16.6. The highest BCUT2D eigenvalue weighted by Crippen LogP contribution is 2.35. The number of thioether (sulfide) groups is 1. The number of aliphatic hydroxyl groups excluding tert-OH is 1. The van der Waals surface area contributed by atoms with E-state index >= 15 is 0 Å². The molecule has 1 saturated heterocycles. The third-order valence-corrected chi connectivity index (χ3v) is 7.58. The molecule has 0 aliphatic carbocycles. The Balaban J connectivity index is 1.24. The van der Waals surface area contributed by atoms with Crippen molar-refractivity contribution < 1.29 is 13.9 Å². The fraction of sp³-hybridized carbons (Fsp3) is 0.357. The normalized spacial score (nSPS) is 16.1. The second-order valence-electron chi connectivity index (χ2n) is 8.84. The Kier molecular flexibility index (Phi) is 9.11. The highest BCUT2D eigenvalue weighted by molar-refractivity contribution is 7.99. The topological polar surface area (TPSA) is 26.7 Å². The molecule has 1 fully saturated rings. The molecule has 1 aliphatic heterocycles. The summed E-state index contributed by atoms with van der Waals surface area (Å²) in [5.74, 6) is 0.424. The predicted molar refractivity (Wildman–Crippen MR) is 136 cm³/mol. The molecule has 0 aromatic heterocycles. The minimum atomic E-state index is -0.350. The molecule has 1 N–H and O–H groups in total. The van der Waals surface area contributed by atoms with Gasteiger partial charge in [0.15, 0.2) is 0 Å². The van der Waals surface area contributed by atoms with Gasteiger partial charge in [0.1, 0.15) is 11.6 Å². The monoisotopic (exact) mass is 482 g/mol. The molecule has 0 spiro atoms. The lowest BCUT2D eigenvalue weighted by molar-refractivity contribution is 0.0750. The zero-order valence-electron chi connectivity index (χ0n) is 19.3. The van der Waals surface area contributed by atoms with Crippen molar-refractivity contribution in [3.05, 3.63) is 107 Å². The first kappa shape index (κ1) is 24.9. The van der Waals surface area contributed by atoms with E-state index in [1.54, 1.807) is 11.8 Å². The van der Waals surface area contributed by atoms with Crippen LogP contribution in [0.25, 0.3) is 0 Å². The van der Waals surface area contributed by atoms with Gasteiger partial charge in [0.25, 0.3) is 0 Å². The lowest BCUT2D eigenvalue weighted by atomic mass is 10.0. The van der Waals surface area contributed by atoms with Crippen LogP contribution < -0.4 is 0 Å². The van der Waals surface area contributed by atoms with E-state index in [4.69, 9.17) is 0 Å². The number of nitrogens with zero attached hydrogens (tertiary/aromatic N) is 2. The summed E-state index contributed by atoms with van der Waals surface area (Å²) in [5, 5.41) is 10.5. The van der Waals surface area contributed by atoms with E-state index in [1.807, 2.05) is 42.5 Å². The maximum Gasteiger partial charge on any atom is 0.123 e. The summed E-state index contributed by atoms with van der Waals surface area (Å²) >= 11 is 1.81. The van der Waals surface area contributed by atoms with Crippen molar-refractivity contribution in [2.24, 2.45) is 0 Å². The number of benzene rings is 3. The maximum atomic E-state index is 13.4. The Morgan fingerprint density at radius 1 is 0.735 bits per heavy atom. The number of hydrogen-bond acceptors (Lipinski definition) is 4. The standard InChI is InChI=1S/C28H32F2N2OS/c29-25-10-6-23(7-11-25)28(24-8-12-26(30)13-9-24)34-19-18-31-14-16-32(17-15-31)21-27(33)20-22-4-2-1-3-5-22/h1-13,27-28,33H,14-21H2/t27-/m1/s1.